The van der Waals surface area contributed by atoms with Crippen molar-refractivity contribution in [3.63, 3.8) is 0 Å². The summed E-state index contributed by atoms with van der Waals surface area (Å²) in [6.07, 6.45) is 8.27. The van der Waals surface area contributed by atoms with Gasteiger partial charge in [-0.15, -0.1) is 0 Å². The largest absolute Gasteiger partial charge is 0.419 e. The molecule has 1 aliphatic carbocycles. The van der Waals surface area contributed by atoms with Crippen LogP contribution in [0.15, 0.2) is 66.7 Å². The summed E-state index contributed by atoms with van der Waals surface area (Å²) in [5, 5.41) is 0. The van der Waals surface area contributed by atoms with Crippen LogP contribution < -0.4 is 9.47 Å². The van der Waals surface area contributed by atoms with E-state index in [9.17, 15) is 9.59 Å². The molecule has 1 aliphatic rings. The molecule has 4 heteroatoms. The highest BCUT2D eigenvalue weighted by Gasteiger charge is 2.28. The molecule has 0 amide bonds. The summed E-state index contributed by atoms with van der Waals surface area (Å²) < 4.78 is 12.1. The summed E-state index contributed by atoms with van der Waals surface area (Å²) in [5.74, 6) is 0.315. The predicted octanol–water partition coefficient (Wildman–Crippen LogP) is 7.69. The molecular formula is C31H34O4. The van der Waals surface area contributed by atoms with Gasteiger partial charge in [0.15, 0.2) is 11.5 Å². The molecule has 1 fully saturated rings. The molecule has 35 heavy (non-hydrogen) atoms. The van der Waals surface area contributed by atoms with Gasteiger partial charge in [0.25, 0.3) is 0 Å². The molecule has 0 heterocycles. The van der Waals surface area contributed by atoms with Gasteiger partial charge in [-0.25, -0.2) is 9.59 Å². The Balaban J connectivity index is 1.84. The van der Waals surface area contributed by atoms with Gasteiger partial charge >= 0.3 is 11.9 Å². The van der Waals surface area contributed by atoms with Crippen LogP contribution in [0.4, 0.5) is 0 Å². The maximum atomic E-state index is 13.2. The zero-order valence-electron chi connectivity index (χ0n) is 20.7. The summed E-state index contributed by atoms with van der Waals surface area (Å²) in [7, 11) is 0. The maximum absolute atomic E-state index is 13.2. The second kappa shape index (κ2) is 11.8. The van der Waals surface area contributed by atoms with Gasteiger partial charge in [-0.3, -0.25) is 0 Å². The van der Waals surface area contributed by atoms with Crippen LogP contribution in [0.25, 0.3) is 0 Å². The van der Waals surface area contributed by atoms with Crippen molar-refractivity contribution in [3.05, 3.63) is 94.5 Å². The van der Waals surface area contributed by atoms with Gasteiger partial charge in [-0.1, -0.05) is 82.0 Å². The van der Waals surface area contributed by atoms with Crippen LogP contribution in [0.3, 0.4) is 0 Å². The fourth-order valence-corrected chi connectivity index (χ4v) is 4.97. The molecular weight excluding hydrogens is 436 g/mol. The molecule has 3 aromatic rings. The average molecular weight is 471 g/mol. The van der Waals surface area contributed by atoms with Gasteiger partial charge in [0.2, 0.25) is 0 Å². The molecule has 0 bridgehead atoms. The number of ether oxygens (including phenoxy) is 2. The molecule has 0 saturated heterocycles. The first-order valence-corrected chi connectivity index (χ1v) is 12.8. The summed E-state index contributed by atoms with van der Waals surface area (Å²) >= 11 is 0. The van der Waals surface area contributed by atoms with E-state index < -0.39 is 11.9 Å². The predicted molar refractivity (Wildman–Crippen MR) is 138 cm³/mol. The van der Waals surface area contributed by atoms with Gasteiger partial charge in [-0.05, 0) is 67.0 Å². The third kappa shape index (κ3) is 5.82. The van der Waals surface area contributed by atoms with Crippen molar-refractivity contribution in [3.8, 4) is 11.5 Å². The Morgan fingerprint density at radius 1 is 0.771 bits per heavy atom. The van der Waals surface area contributed by atoms with Crippen molar-refractivity contribution in [1.29, 1.82) is 0 Å². The van der Waals surface area contributed by atoms with E-state index in [4.69, 9.17) is 9.47 Å². The molecule has 0 radical (unpaired) electrons. The van der Waals surface area contributed by atoms with Gasteiger partial charge in [-0.2, -0.15) is 0 Å². The van der Waals surface area contributed by atoms with Crippen LogP contribution in [0.2, 0.25) is 0 Å². The lowest BCUT2D eigenvalue weighted by atomic mass is 9.80. The number of esters is 2. The average Bonchev–Trinajstić information content (AvgIpc) is 2.92. The number of aryl methyl sites for hydroxylation is 1. The van der Waals surface area contributed by atoms with Crippen molar-refractivity contribution in [1.82, 2.24) is 0 Å². The summed E-state index contributed by atoms with van der Waals surface area (Å²) in [4.78, 5) is 26.3. The standard InChI is InChI=1S/C31H34O4/c1-3-14-26-27(23-15-8-5-9-16-23)21-22(4-2)28(34-30(32)24-17-10-6-11-18-24)29(26)35-31(33)25-19-12-7-13-20-25/h6-7,10-13,17-21,23H,3-5,8-9,14-16H2,1-2H3. The van der Waals surface area contributed by atoms with E-state index in [1.165, 1.54) is 24.8 Å². The quantitative estimate of drug-likeness (QED) is 0.250. The van der Waals surface area contributed by atoms with Crippen LogP contribution in [0, 0.1) is 0 Å². The Hall–Kier alpha value is -3.40. The second-order valence-electron chi connectivity index (χ2n) is 9.21. The third-order valence-corrected chi connectivity index (χ3v) is 6.78. The molecule has 0 spiro atoms. The molecule has 0 unspecified atom stereocenters. The Morgan fingerprint density at radius 2 is 1.31 bits per heavy atom. The fraction of sp³-hybridized carbons (Fsp3) is 0.355. The van der Waals surface area contributed by atoms with Crippen molar-refractivity contribution < 1.29 is 19.1 Å². The monoisotopic (exact) mass is 470 g/mol. The Labute approximate surface area is 208 Å². The lowest BCUT2D eigenvalue weighted by Crippen LogP contribution is -2.17. The number of rotatable bonds is 8. The lowest BCUT2D eigenvalue weighted by Gasteiger charge is -2.28. The Morgan fingerprint density at radius 3 is 1.83 bits per heavy atom. The van der Waals surface area contributed by atoms with Gasteiger partial charge in [0.05, 0.1) is 11.1 Å². The molecule has 4 rings (SSSR count). The number of carbonyl (C=O) groups excluding carboxylic acids is 2. The van der Waals surface area contributed by atoms with Crippen LogP contribution >= 0.6 is 0 Å². The highest BCUT2D eigenvalue weighted by molar-refractivity contribution is 5.93. The van der Waals surface area contributed by atoms with Gasteiger partial charge in [0.1, 0.15) is 0 Å². The minimum atomic E-state index is -0.454. The van der Waals surface area contributed by atoms with Gasteiger partial charge in [0, 0.05) is 5.56 Å². The molecule has 1 saturated carbocycles. The van der Waals surface area contributed by atoms with E-state index in [-0.39, 0.29) is 0 Å². The van der Waals surface area contributed by atoms with E-state index in [1.807, 2.05) is 43.3 Å². The van der Waals surface area contributed by atoms with Crippen molar-refractivity contribution >= 4 is 11.9 Å². The van der Waals surface area contributed by atoms with Crippen LogP contribution in [0.5, 0.6) is 11.5 Å². The van der Waals surface area contributed by atoms with Gasteiger partial charge < -0.3 is 9.47 Å². The first-order valence-electron chi connectivity index (χ1n) is 12.8. The number of hydrogen-bond acceptors (Lipinski definition) is 4. The Kier molecular flexibility index (Phi) is 8.36. The van der Waals surface area contributed by atoms with E-state index in [0.29, 0.717) is 35.0 Å². The molecule has 0 N–H and O–H groups in total. The van der Waals surface area contributed by atoms with Crippen LogP contribution in [-0.4, -0.2) is 11.9 Å². The van der Waals surface area contributed by atoms with Crippen LogP contribution in [0.1, 0.15) is 95.7 Å². The SMILES string of the molecule is CCCc1c(C2CCCCC2)cc(CC)c(OC(=O)c2ccccc2)c1OC(=O)c1ccccc1. The normalized spacial score (nSPS) is 13.9. The first kappa shape index (κ1) is 24.7. The minimum Gasteiger partial charge on any atom is -0.419 e. The van der Waals surface area contributed by atoms with E-state index in [1.54, 1.807) is 24.3 Å². The molecule has 4 nitrogen and oxygen atoms in total. The van der Waals surface area contributed by atoms with E-state index in [2.05, 4.69) is 13.0 Å². The molecule has 182 valence electrons. The molecule has 0 aliphatic heterocycles. The summed E-state index contributed by atoms with van der Waals surface area (Å²) in [6, 6.07) is 20.1. The zero-order valence-corrected chi connectivity index (χ0v) is 20.7. The highest BCUT2D eigenvalue weighted by Crippen LogP contribution is 2.45. The minimum absolute atomic E-state index is 0.369. The number of benzene rings is 3. The number of hydrogen-bond donors (Lipinski definition) is 0. The van der Waals surface area contributed by atoms with E-state index in [0.717, 1.165) is 36.8 Å². The topological polar surface area (TPSA) is 52.6 Å². The Bertz CT molecular complexity index is 1150. The fourth-order valence-electron chi connectivity index (χ4n) is 4.97. The maximum Gasteiger partial charge on any atom is 0.343 e. The molecule has 0 atom stereocenters. The lowest BCUT2D eigenvalue weighted by molar-refractivity contribution is 0.0679. The van der Waals surface area contributed by atoms with Crippen molar-refractivity contribution in [2.45, 2.75) is 71.1 Å². The highest BCUT2D eigenvalue weighted by atomic mass is 16.6. The van der Waals surface area contributed by atoms with Crippen LogP contribution in [-0.2, 0) is 12.8 Å². The second-order valence-corrected chi connectivity index (χ2v) is 9.21. The zero-order chi connectivity index (χ0) is 24.6. The third-order valence-electron chi connectivity index (χ3n) is 6.78. The first-order chi connectivity index (χ1) is 17.1. The summed E-state index contributed by atoms with van der Waals surface area (Å²) in [5.41, 5.74) is 4.07. The number of carbonyl (C=O) groups is 2. The van der Waals surface area contributed by atoms with Crippen molar-refractivity contribution in [2.75, 3.05) is 0 Å². The van der Waals surface area contributed by atoms with E-state index >= 15 is 0 Å². The van der Waals surface area contributed by atoms with Crippen molar-refractivity contribution in [2.24, 2.45) is 0 Å². The molecule has 3 aromatic carbocycles. The molecule has 0 aromatic heterocycles. The summed E-state index contributed by atoms with van der Waals surface area (Å²) in [6.45, 7) is 4.17. The smallest absolute Gasteiger partial charge is 0.343 e.